The maximum Gasteiger partial charge on any atom is 0.325 e. The van der Waals surface area contributed by atoms with Gasteiger partial charge in [-0.15, -0.1) is 5.10 Å². The average molecular weight is 353 g/mol. The van der Waals surface area contributed by atoms with Gasteiger partial charge >= 0.3 is 5.97 Å². The first-order valence-corrected chi connectivity index (χ1v) is 6.86. The van der Waals surface area contributed by atoms with Crippen molar-refractivity contribution in [1.29, 1.82) is 0 Å². The molecule has 0 fully saturated rings. The van der Waals surface area contributed by atoms with E-state index in [4.69, 9.17) is 5.11 Å². The molecule has 2 aromatic rings. The molecule has 8 heteroatoms. The van der Waals surface area contributed by atoms with E-state index in [1.54, 1.807) is 0 Å². The highest BCUT2D eigenvalue weighted by atomic mass is 79.9. The molecule has 1 aromatic heterocycles. The van der Waals surface area contributed by atoms with Gasteiger partial charge in [0.1, 0.15) is 6.54 Å². The largest absolute Gasteiger partial charge is 0.480 e. The molecule has 1 amide bonds. The number of hydrogen-bond donors (Lipinski definition) is 2. The van der Waals surface area contributed by atoms with E-state index in [2.05, 4.69) is 31.6 Å². The topological polar surface area (TPSA) is 97.1 Å². The fourth-order valence-corrected chi connectivity index (χ4v) is 2.64. The lowest BCUT2D eigenvalue weighted by atomic mass is 10.1. The summed E-state index contributed by atoms with van der Waals surface area (Å²) in [5, 5.41) is 18.6. The highest BCUT2D eigenvalue weighted by Crippen LogP contribution is 2.28. The van der Waals surface area contributed by atoms with Gasteiger partial charge in [-0.2, -0.15) is 0 Å². The molecule has 0 bridgehead atoms. The van der Waals surface area contributed by atoms with Gasteiger partial charge in [0.05, 0.1) is 11.9 Å². The summed E-state index contributed by atoms with van der Waals surface area (Å²) in [6.07, 6.45) is 1.29. The number of rotatable bonds is 4. The van der Waals surface area contributed by atoms with Crippen molar-refractivity contribution in [3.8, 4) is 0 Å². The molecule has 0 aliphatic heterocycles. The third kappa shape index (κ3) is 3.66. The highest BCUT2D eigenvalue weighted by Gasteiger charge is 2.15. The predicted octanol–water partition coefficient (Wildman–Crippen LogP) is 1.99. The second kappa shape index (κ2) is 6.04. The van der Waals surface area contributed by atoms with Crippen LogP contribution in [0.4, 0.5) is 5.69 Å². The molecular formula is C13H13BrN4O3. The molecular weight excluding hydrogens is 340 g/mol. The van der Waals surface area contributed by atoms with Gasteiger partial charge in [0.15, 0.2) is 5.69 Å². The smallest absolute Gasteiger partial charge is 0.325 e. The minimum absolute atomic E-state index is 0.0584. The summed E-state index contributed by atoms with van der Waals surface area (Å²) >= 11 is 3.40. The number of nitrogens with one attached hydrogen (secondary N) is 1. The van der Waals surface area contributed by atoms with E-state index in [-0.39, 0.29) is 12.2 Å². The Morgan fingerprint density at radius 2 is 2.10 bits per heavy atom. The quantitative estimate of drug-likeness (QED) is 0.876. The number of nitrogens with zero attached hydrogens (tertiary/aromatic N) is 3. The van der Waals surface area contributed by atoms with Crippen LogP contribution in [0, 0.1) is 13.8 Å². The summed E-state index contributed by atoms with van der Waals surface area (Å²) in [5.41, 5.74) is 2.69. The zero-order valence-electron chi connectivity index (χ0n) is 11.4. The Kier molecular flexibility index (Phi) is 4.37. The molecule has 2 rings (SSSR count). The molecule has 1 heterocycles. The molecule has 0 atom stereocenters. The minimum Gasteiger partial charge on any atom is -0.480 e. The summed E-state index contributed by atoms with van der Waals surface area (Å²) in [5.74, 6) is -1.50. The van der Waals surface area contributed by atoms with E-state index in [1.807, 2.05) is 26.0 Å². The number of aliphatic carboxylic acids is 1. The Hall–Kier alpha value is -2.22. The van der Waals surface area contributed by atoms with Gasteiger partial charge in [-0.3, -0.25) is 9.59 Å². The summed E-state index contributed by atoms with van der Waals surface area (Å²) in [6, 6.07) is 3.84. The number of carboxylic acids is 1. The second-order valence-electron chi connectivity index (χ2n) is 4.59. The number of amides is 1. The van der Waals surface area contributed by atoms with Gasteiger partial charge in [-0.05, 0) is 47.0 Å². The average Bonchev–Trinajstić information content (AvgIpc) is 2.81. The van der Waals surface area contributed by atoms with E-state index in [9.17, 15) is 9.59 Å². The fourth-order valence-electron chi connectivity index (χ4n) is 1.87. The fraction of sp³-hybridized carbons (Fsp3) is 0.231. The molecule has 0 unspecified atom stereocenters. The van der Waals surface area contributed by atoms with E-state index in [0.29, 0.717) is 5.69 Å². The van der Waals surface area contributed by atoms with Crippen LogP contribution in [-0.4, -0.2) is 32.0 Å². The Labute approximate surface area is 129 Å². The summed E-state index contributed by atoms with van der Waals surface area (Å²) in [4.78, 5) is 22.7. The Morgan fingerprint density at radius 3 is 2.71 bits per heavy atom. The van der Waals surface area contributed by atoms with Crippen molar-refractivity contribution in [2.45, 2.75) is 20.4 Å². The lowest BCUT2D eigenvalue weighted by molar-refractivity contribution is -0.137. The summed E-state index contributed by atoms with van der Waals surface area (Å²) < 4.78 is 1.86. The SMILES string of the molecule is Cc1cc(C)c(NC(=O)c2cn(CC(=O)O)nn2)c(Br)c1. The van der Waals surface area contributed by atoms with E-state index >= 15 is 0 Å². The number of hydrogen-bond acceptors (Lipinski definition) is 4. The molecule has 0 saturated heterocycles. The van der Waals surface area contributed by atoms with Crippen LogP contribution >= 0.6 is 15.9 Å². The molecule has 0 radical (unpaired) electrons. The number of carbonyl (C=O) groups excluding carboxylic acids is 1. The summed E-state index contributed by atoms with van der Waals surface area (Å²) in [6.45, 7) is 3.50. The van der Waals surface area contributed by atoms with Crippen molar-refractivity contribution in [2.75, 3.05) is 5.32 Å². The molecule has 110 valence electrons. The zero-order valence-corrected chi connectivity index (χ0v) is 13.0. The van der Waals surface area contributed by atoms with E-state index < -0.39 is 11.9 Å². The van der Waals surface area contributed by atoms with Crippen LogP contribution in [0.1, 0.15) is 21.6 Å². The van der Waals surface area contributed by atoms with Crippen LogP contribution < -0.4 is 5.32 Å². The Morgan fingerprint density at radius 1 is 1.38 bits per heavy atom. The number of carbonyl (C=O) groups is 2. The van der Waals surface area contributed by atoms with Gasteiger partial charge in [0, 0.05) is 4.47 Å². The van der Waals surface area contributed by atoms with Crippen molar-refractivity contribution >= 4 is 33.5 Å². The Bertz CT molecular complexity index is 688. The number of benzene rings is 1. The molecule has 0 spiro atoms. The van der Waals surface area contributed by atoms with Crippen molar-refractivity contribution in [1.82, 2.24) is 15.0 Å². The lowest BCUT2D eigenvalue weighted by Crippen LogP contribution is -2.14. The van der Waals surface area contributed by atoms with Crippen LogP contribution in [0.15, 0.2) is 22.8 Å². The number of carboxylic acid groups (broad SMARTS) is 1. The van der Waals surface area contributed by atoms with Crippen molar-refractivity contribution in [2.24, 2.45) is 0 Å². The van der Waals surface area contributed by atoms with Crippen LogP contribution in [0.5, 0.6) is 0 Å². The van der Waals surface area contributed by atoms with Crippen molar-refractivity contribution in [3.63, 3.8) is 0 Å². The van der Waals surface area contributed by atoms with E-state index in [0.717, 1.165) is 20.3 Å². The third-order valence-corrected chi connectivity index (χ3v) is 3.36. The van der Waals surface area contributed by atoms with Gasteiger partial charge < -0.3 is 10.4 Å². The zero-order chi connectivity index (χ0) is 15.6. The number of halogens is 1. The lowest BCUT2D eigenvalue weighted by Gasteiger charge is -2.10. The van der Waals surface area contributed by atoms with Gasteiger partial charge in [0.2, 0.25) is 0 Å². The molecule has 21 heavy (non-hydrogen) atoms. The number of anilines is 1. The molecule has 7 nitrogen and oxygen atoms in total. The van der Waals surface area contributed by atoms with E-state index in [1.165, 1.54) is 6.20 Å². The first-order valence-electron chi connectivity index (χ1n) is 6.07. The maximum absolute atomic E-state index is 12.1. The predicted molar refractivity (Wildman–Crippen MR) is 79.2 cm³/mol. The molecule has 0 saturated carbocycles. The first-order chi connectivity index (χ1) is 9.86. The standard InChI is InChI=1S/C13H13BrN4O3/c1-7-3-8(2)12(9(14)4-7)15-13(21)10-5-18(17-16-10)6-11(19)20/h3-5H,6H2,1-2H3,(H,15,21)(H,19,20). The van der Waals surface area contributed by atoms with Gasteiger partial charge in [0.25, 0.3) is 5.91 Å². The summed E-state index contributed by atoms with van der Waals surface area (Å²) in [7, 11) is 0. The van der Waals surface area contributed by atoms with Crippen LogP contribution in [0.25, 0.3) is 0 Å². The molecule has 2 N–H and O–H groups in total. The van der Waals surface area contributed by atoms with Crippen LogP contribution in [-0.2, 0) is 11.3 Å². The minimum atomic E-state index is -1.05. The van der Waals surface area contributed by atoms with Crippen LogP contribution in [0.3, 0.4) is 0 Å². The Balaban J connectivity index is 2.18. The number of aryl methyl sites for hydroxylation is 2. The first kappa shape index (κ1) is 15.2. The van der Waals surface area contributed by atoms with Crippen molar-refractivity contribution < 1.29 is 14.7 Å². The third-order valence-electron chi connectivity index (χ3n) is 2.74. The molecule has 0 aliphatic carbocycles. The van der Waals surface area contributed by atoms with Gasteiger partial charge in [-0.1, -0.05) is 11.3 Å². The van der Waals surface area contributed by atoms with Crippen molar-refractivity contribution in [3.05, 3.63) is 39.6 Å². The number of aromatic nitrogens is 3. The van der Waals surface area contributed by atoms with Gasteiger partial charge in [-0.25, -0.2) is 4.68 Å². The van der Waals surface area contributed by atoms with Crippen LogP contribution in [0.2, 0.25) is 0 Å². The second-order valence-corrected chi connectivity index (χ2v) is 5.44. The molecule has 1 aromatic carbocycles. The highest BCUT2D eigenvalue weighted by molar-refractivity contribution is 9.10. The monoisotopic (exact) mass is 352 g/mol. The normalized spacial score (nSPS) is 10.4. The molecule has 0 aliphatic rings. The maximum atomic E-state index is 12.1.